The molecule has 2 saturated carbocycles. The molecule has 2 aliphatic carbocycles. The van der Waals surface area contributed by atoms with Crippen LogP contribution in [0.2, 0.25) is 0 Å². The van der Waals surface area contributed by atoms with E-state index in [1.807, 2.05) is 45.1 Å². The second kappa shape index (κ2) is 16.2. The van der Waals surface area contributed by atoms with Crippen LogP contribution in [0.5, 0.6) is 17.4 Å². The highest BCUT2D eigenvalue weighted by molar-refractivity contribution is 7.90. The van der Waals surface area contributed by atoms with Gasteiger partial charge < -0.3 is 29.2 Å². The van der Waals surface area contributed by atoms with Crippen molar-refractivity contribution in [3.8, 4) is 17.4 Å². The van der Waals surface area contributed by atoms with Crippen molar-refractivity contribution in [3.05, 3.63) is 35.9 Å². The molecule has 2 N–H and O–H groups in total. The Morgan fingerprint density at radius 1 is 1.05 bits per heavy atom. The first-order chi connectivity index (χ1) is 26.4. The number of methoxy groups -OCH3 is 1. The SMILES string of the molecule is COc1ccc2c(O[C@@H]3C[C@H]4C(=O)C[C@]5(C(=O)NS(=O)(=O)C6CC6)C[C@@H]5/C=C\CCCCC[C@H](NC(=O)OC(C)(C)C)C(=O)N4C3)cc(OC(C)C)nc2c1C. The third kappa shape index (κ3) is 9.41. The van der Waals surface area contributed by atoms with Crippen LogP contribution in [-0.2, 0) is 29.1 Å². The Bertz CT molecular complexity index is 1990. The number of nitrogens with one attached hydrogen (secondary N) is 2. The number of ether oxygens (including phenoxy) is 4. The van der Waals surface area contributed by atoms with Crippen LogP contribution in [0, 0.1) is 18.3 Å². The van der Waals surface area contributed by atoms with E-state index in [2.05, 4.69) is 10.0 Å². The highest BCUT2D eigenvalue weighted by Gasteiger charge is 2.61. The van der Waals surface area contributed by atoms with Crippen LogP contribution in [-0.4, -0.2) is 90.8 Å². The summed E-state index contributed by atoms with van der Waals surface area (Å²) in [6.45, 7) is 10.9. The molecule has 0 spiro atoms. The number of nitrogens with zero attached hydrogens (tertiary/aromatic N) is 2. The number of carbonyl (C=O) groups excluding carboxylic acids is 4. The van der Waals surface area contributed by atoms with Gasteiger partial charge in [-0.1, -0.05) is 25.0 Å². The first-order valence-electron chi connectivity index (χ1n) is 19.8. The second-order valence-electron chi connectivity index (χ2n) is 16.9. The monoisotopic (exact) mass is 796 g/mol. The van der Waals surface area contributed by atoms with Crippen molar-refractivity contribution in [2.75, 3.05) is 13.7 Å². The summed E-state index contributed by atoms with van der Waals surface area (Å²) < 4.78 is 51.9. The third-order valence-corrected chi connectivity index (χ3v) is 12.7. The van der Waals surface area contributed by atoms with Gasteiger partial charge in [0.2, 0.25) is 27.7 Å². The molecule has 6 rings (SSSR count). The van der Waals surface area contributed by atoms with Gasteiger partial charge in [0, 0.05) is 29.9 Å². The number of Topliss-reactive ketones (excluding diaryl/α,β-unsaturated/α-hetero) is 1. The minimum absolute atomic E-state index is 0.0135. The van der Waals surface area contributed by atoms with Crippen molar-refractivity contribution in [2.45, 2.75) is 141 Å². The topological polar surface area (TPSA) is 180 Å². The normalized spacial score (nSPS) is 26.7. The number of hydrogen-bond donors (Lipinski definition) is 2. The number of pyridine rings is 1. The average molecular weight is 797 g/mol. The van der Waals surface area contributed by atoms with Crippen LogP contribution >= 0.6 is 0 Å². The molecule has 1 saturated heterocycles. The summed E-state index contributed by atoms with van der Waals surface area (Å²) in [7, 11) is -2.28. The molecule has 0 unspecified atom stereocenters. The van der Waals surface area contributed by atoms with E-state index in [1.54, 1.807) is 33.9 Å². The zero-order valence-electron chi connectivity index (χ0n) is 33.5. The summed E-state index contributed by atoms with van der Waals surface area (Å²) in [5, 5.41) is 2.85. The van der Waals surface area contributed by atoms with E-state index >= 15 is 0 Å². The number of aryl methyl sites for hydroxylation is 1. The van der Waals surface area contributed by atoms with Crippen LogP contribution in [0.3, 0.4) is 0 Å². The smallest absolute Gasteiger partial charge is 0.408 e. The number of hydrogen-bond acceptors (Lipinski definition) is 11. The van der Waals surface area contributed by atoms with Crippen molar-refractivity contribution in [2.24, 2.45) is 11.3 Å². The molecule has 2 aromatic rings. The van der Waals surface area contributed by atoms with Crippen molar-refractivity contribution >= 4 is 44.6 Å². The van der Waals surface area contributed by atoms with Crippen molar-refractivity contribution in [3.63, 3.8) is 0 Å². The Hall–Kier alpha value is -4.40. The maximum absolute atomic E-state index is 14.6. The largest absolute Gasteiger partial charge is 0.496 e. The highest BCUT2D eigenvalue weighted by Crippen LogP contribution is 2.57. The number of rotatable bonds is 9. The molecule has 306 valence electrons. The van der Waals surface area contributed by atoms with Gasteiger partial charge >= 0.3 is 6.09 Å². The van der Waals surface area contributed by atoms with E-state index < -0.39 is 62.4 Å². The summed E-state index contributed by atoms with van der Waals surface area (Å²) in [5.74, 6) is -0.429. The molecule has 14 nitrogen and oxygen atoms in total. The quantitative estimate of drug-likeness (QED) is 0.299. The molecule has 3 heterocycles. The van der Waals surface area contributed by atoms with Crippen LogP contribution in [0.1, 0.15) is 104 Å². The Balaban J connectivity index is 1.35. The molecule has 0 bridgehead atoms. The number of sulfonamides is 1. The van der Waals surface area contributed by atoms with Gasteiger partial charge in [-0.2, -0.15) is 0 Å². The predicted octanol–water partition coefficient (Wildman–Crippen LogP) is 5.67. The van der Waals surface area contributed by atoms with Gasteiger partial charge in [0.05, 0.1) is 42.0 Å². The molecular weight excluding hydrogens is 741 g/mol. The average Bonchev–Trinajstić information content (AvgIpc) is 4.03. The van der Waals surface area contributed by atoms with Crippen LogP contribution in [0.15, 0.2) is 30.4 Å². The van der Waals surface area contributed by atoms with Gasteiger partial charge in [-0.3, -0.25) is 19.1 Å². The lowest BCUT2D eigenvalue weighted by Gasteiger charge is -2.30. The minimum atomic E-state index is -3.86. The number of carbonyl (C=O) groups is 4. The maximum Gasteiger partial charge on any atom is 0.408 e. The molecule has 56 heavy (non-hydrogen) atoms. The Labute approximate surface area is 329 Å². The molecular formula is C41H56N4O10S. The first kappa shape index (κ1) is 41.2. The fourth-order valence-corrected chi connectivity index (χ4v) is 9.18. The number of allylic oxidation sites excluding steroid dienone is 2. The standard InChI is InChI=1S/C41H56N4O10S/c1-24(2)53-35-20-34(29-17-18-33(52-7)25(3)36(29)43-35)54-27-19-31-32(46)22-41(38(48)44-56(50,51)28-15-16-28)21-26(41)13-11-9-8-10-12-14-30(37(47)45(31)23-27)42-39(49)55-40(4,5)6/h11,13,17-18,20,24,26-28,30-31H,8-10,12,14-16,19,21-23H2,1-7H3,(H,42,49)(H,44,48)/b13-11-/t26-,27+,30-,31-,41+/m0/s1. The molecule has 5 atom stereocenters. The van der Waals surface area contributed by atoms with Crippen molar-refractivity contribution < 1.29 is 46.5 Å². The summed E-state index contributed by atoms with van der Waals surface area (Å²) in [6, 6.07) is 3.35. The van der Waals surface area contributed by atoms with E-state index in [9.17, 15) is 27.6 Å². The molecule has 15 heteroatoms. The maximum atomic E-state index is 14.6. The molecule has 4 aliphatic rings. The Morgan fingerprint density at radius 3 is 2.48 bits per heavy atom. The highest BCUT2D eigenvalue weighted by atomic mass is 32.2. The number of amides is 3. The lowest BCUT2D eigenvalue weighted by atomic mass is 9.91. The van der Waals surface area contributed by atoms with Gasteiger partial charge in [-0.25, -0.2) is 18.2 Å². The Kier molecular flexibility index (Phi) is 11.9. The van der Waals surface area contributed by atoms with E-state index in [0.717, 1.165) is 18.4 Å². The number of aromatic nitrogens is 1. The van der Waals surface area contributed by atoms with E-state index in [0.29, 0.717) is 66.8 Å². The summed E-state index contributed by atoms with van der Waals surface area (Å²) in [5.41, 5.74) is -0.676. The molecule has 3 amide bonds. The third-order valence-electron chi connectivity index (χ3n) is 10.9. The van der Waals surface area contributed by atoms with E-state index in [4.69, 9.17) is 23.9 Å². The number of ketones is 1. The van der Waals surface area contributed by atoms with Crippen molar-refractivity contribution in [1.29, 1.82) is 0 Å². The molecule has 0 radical (unpaired) electrons. The van der Waals surface area contributed by atoms with E-state index in [1.165, 1.54) is 4.90 Å². The van der Waals surface area contributed by atoms with Gasteiger partial charge in [0.25, 0.3) is 0 Å². The molecule has 1 aromatic carbocycles. The number of alkyl carbamates (subject to hydrolysis) is 1. The zero-order valence-corrected chi connectivity index (χ0v) is 34.3. The van der Waals surface area contributed by atoms with Crippen molar-refractivity contribution in [1.82, 2.24) is 19.9 Å². The number of benzene rings is 1. The minimum Gasteiger partial charge on any atom is -0.496 e. The van der Waals surface area contributed by atoms with Crippen LogP contribution < -0.4 is 24.2 Å². The predicted molar refractivity (Wildman–Crippen MR) is 209 cm³/mol. The lowest BCUT2D eigenvalue weighted by molar-refractivity contribution is -0.140. The zero-order chi connectivity index (χ0) is 40.6. The number of fused-ring (bicyclic) bond motifs is 3. The molecule has 1 aromatic heterocycles. The Morgan fingerprint density at radius 2 is 1.80 bits per heavy atom. The van der Waals surface area contributed by atoms with Crippen LogP contribution in [0.25, 0.3) is 10.9 Å². The molecule has 2 aliphatic heterocycles. The van der Waals surface area contributed by atoms with Gasteiger partial charge in [0.15, 0.2) is 5.78 Å². The summed E-state index contributed by atoms with van der Waals surface area (Å²) in [6.07, 6.45) is 6.69. The fourth-order valence-electron chi connectivity index (χ4n) is 7.80. The van der Waals surface area contributed by atoms with Crippen LogP contribution in [0.4, 0.5) is 4.79 Å². The van der Waals surface area contributed by atoms with Gasteiger partial charge in [-0.05, 0) is 98.1 Å². The lowest BCUT2D eigenvalue weighted by Crippen LogP contribution is -2.53. The molecule has 3 fully saturated rings. The fraction of sp³-hybridized carbons (Fsp3) is 0.634. The summed E-state index contributed by atoms with van der Waals surface area (Å²) in [4.78, 5) is 62.3. The van der Waals surface area contributed by atoms with Gasteiger partial charge in [-0.15, -0.1) is 0 Å². The first-order valence-corrected chi connectivity index (χ1v) is 21.3. The summed E-state index contributed by atoms with van der Waals surface area (Å²) >= 11 is 0. The second-order valence-corrected chi connectivity index (χ2v) is 18.9. The van der Waals surface area contributed by atoms with E-state index in [-0.39, 0.29) is 37.2 Å². The van der Waals surface area contributed by atoms with Gasteiger partial charge in [0.1, 0.15) is 29.2 Å².